The van der Waals surface area contributed by atoms with Crippen LogP contribution in [0.25, 0.3) is 0 Å². The Morgan fingerprint density at radius 2 is 2.38 bits per heavy atom. The van der Waals surface area contributed by atoms with E-state index in [4.69, 9.17) is 10.5 Å². The number of halogens is 1. The summed E-state index contributed by atoms with van der Waals surface area (Å²) < 4.78 is 19.3. The molecule has 1 fully saturated rings. The molecule has 2 unspecified atom stereocenters. The Bertz CT molecular complexity index is 577. The van der Waals surface area contributed by atoms with Crippen molar-refractivity contribution in [2.75, 3.05) is 18.5 Å². The van der Waals surface area contributed by atoms with Crippen LogP contribution in [0.2, 0.25) is 0 Å². The van der Waals surface area contributed by atoms with Crippen molar-refractivity contribution in [1.82, 2.24) is 0 Å². The molecule has 1 amide bonds. The van der Waals surface area contributed by atoms with Crippen LogP contribution >= 0.6 is 0 Å². The lowest BCUT2D eigenvalue weighted by molar-refractivity contribution is -0.121. The molecule has 1 aromatic carbocycles. The Hall–Kier alpha value is -1.90. The average molecular weight is 290 g/mol. The molecule has 1 aliphatic rings. The summed E-state index contributed by atoms with van der Waals surface area (Å²) in [7, 11) is 0. The van der Waals surface area contributed by atoms with Crippen LogP contribution in [0.4, 0.5) is 10.1 Å². The number of carbonyl (C=O) groups excluding carboxylic acids is 1. The van der Waals surface area contributed by atoms with E-state index < -0.39 is 5.82 Å². The number of ether oxygens (including phenoxy) is 1. The van der Waals surface area contributed by atoms with Crippen molar-refractivity contribution < 1.29 is 13.9 Å². The summed E-state index contributed by atoms with van der Waals surface area (Å²) in [5.41, 5.74) is 5.95. The van der Waals surface area contributed by atoms with E-state index in [-0.39, 0.29) is 30.0 Å². The molecule has 0 radical (unpaired) electrons. The third-order valence-electron chi connectivity index (χ3n) is 3.51. The van der Waals surface area contributed by atoms with E-state index in [0.29, 0.717) is 18.7 Å². The van der Waals surface area contributed by atoms with Gasteiger partial charge in [0, 0.05) is 12.3 Å². The van der Waals surface area contributed by atoms with Crippen LogP contribution in [0.15, 0.2) is 18.2 Å². The predicted octanol–water partition coefficient (Wildman–Crippen LogP) is 1.89. The summed E-state index contributed by atoms with van der Waals surface area (Å²) in [4.78, 5) is 12.2. The first-order valence-corrected chi connectivity index (χ1v) is 7.06. The van der Waals surface area contributed by atoms with Gasteiger partial charge in [-0.2, -0.15) is 0 Å². The lowest BCUT2D eigenvalue weighted by atomic mass is 9.98. The van der Waals surface area contributed by atoms with E-state index in [9.17, 15) is 9.18 Å². The highest BCUT2D eigenvalue weighted by atomic mass is 19.1. The van der Waals surface area contributed by atoms with Gasteiger partial charge in [0.2, 0.25) is 5.91 Å². The van der Waals surface area contributed by atoms with E-state index >= 15 is 0 Å². The van der Waals surface area contributed by atoms with Crippen molar-refractivity contribution in [3.05, 3.63) is 29.6 Å². The standard InChI is InChI=1S/C16H19FN2O2/c1-2-15-13(7-9-21-15)16(20)19-12-6-5-11(4-3-8-18)14(17)10-12/h5-6,10,13,15H,2,7-9,18H2,1H3,(H,19,20). The molecule has 1 saturated heterocycles. The quantitative estimate of drug-likeness (QED) is 0.836. The maximum absolute atomic E-state index is 13.8. The van der Waals surface area contributed by atoms with Crippen LogP contribution < -0.4 is 11.1 Å². The van der Waals surface area contributed by atoms with Crippen LogP contribution in [-0.2, 0) is 9.53 Å². The Morgan fingerprint density at radius 1 is 1.57 bits per heavy atom. The van der Waals surface area contributed by atoms with E-state index in [1.807, 2.05) is 6.92 Å². The number of nitrogens with one attached hydrogen (secondary N) is 1. The molecule has 1 aromatic rings. The summed E-state index contributed by atoms with van der Waals surface area (Å²) in [6.07, 6.45) is 1.44. The zero-order chi connectivity index (χ0) is 15.2. The third-order valence-corrected chi connectivity index (χ3v) is 3.51. The lowest BCUT2D eigenvalue weighted by Crippen LogP contribution is -2.29. The highest BCUT2D eigenvalue weighted by molar-refractivity contribution is 5.93. The fraction of sp³-hybridized carbons (Fsp3) is 0.438. The van der Waals surface area contributed by atoms with Gasteiger partial charge in [-0.05, 0) is 31.0 Å². The molecule has 5 heteroatoms. The van der Waals surface area contributed by atoms with Crippen molar-refractivity contribution in [3.63, 3.8) is 0 Å². The van der Waals surface area contributed by atoms with Gasteiger partial charge in [-0.3, -0.25) is 4.79 Å². The SMILES string of the molecule is CCC1OCCC1C(=O)Nc1ccc(C#CCN)c(F)c1. The Kier molecular flexibility index (Phi) is 5.32. The maximum atomic E-state index is 13.8. The molecule has 2 atom stereocenters. The second-order valence-electron chi connectivity index (χ2n) is 4.90. The van der Waals surface area contributed by atoms with Gasteiger partial charge < -0.3 is 15.8 Å². The number of rotatable bonds is 3. The third kappa shape index (κ3) is 3.81. The minimum Gasteiger partial charge on any atom is -0.377 e. The highest BCUT2D eigenvalue weighted by Gasteiger charge is 2.32. The molecule has 0 aromatic heterocycles. The van der Waals surface area contributed by atoms with Gasteiger partial charge in [0.15, 0.2) is 0 Å². The molecule has 21 heavy (non-hydrogen) atoms. The fourth-order valence-corrected chi connectivity index (χ4v) is 2.43. The molecule has 0 spiro atoms. The number of nitrogens with two attached hydrogens (primary N) is 1. The summed E-state index contributed by atoms with van der Waals surface area (Å²) in [5, 5.41) is 2.74. The van der Waals surface area contributed by atoms with Crippen molar-refractivity contribution >= 4 is 11.6 Å². The normalized spacial score (nSPS) is 20.7. The van der Waals surface area contributed by atoms with Gasteiger partial charge in [0.1, 0.15) is 5.82 Å². The summed E-state index contributed by atoms with van der Waals surface area (Å²) in [5.74, 6) is 4.47. The predicted molar refractivity (Wildman–Crippen MR) is 79.1 cm³/mol. The summed E-state index contributed by atoms with van der Waals surface area (Å²) >= 11 is 0. The topological polar surface area (TPSA) is 64.3 Å². The van der Waals surface area contributed by atoms with Gasteiger partial charge in [0.25, 0.3) is 0 Å². The average Bonchev–Trinajstić information content (AvgIpc) is 2.95. The summed E-state index contributed by atoms with van der Waals surface area (Å²) in [6, 6.07) is 4.45. The van der Waals surface area contributed by atoms with E-state index in [2.05, 4.69) is 17.2 Å². The molecule has 3 N–H and O–H groups in total. The second kappa shape index (κ2) is 7.21. The van der Waals surface area contributed by atoms with E-state index in [1.165, 1.54) is 12.1 Å². The molecule has 1 aliphatic heterocycles. The van der Waals surface area contributed by atoms with Crippen molar-refractivity contribution in [1.29, 1.82) is 0 Å². The zero-order valence-electron chi connectivity index (χ0n) is 12.0. The molecule has 0 aliphatic carbocycles. The second-order valence-corrected chi connectivity index (χ2v) is 4.90. The largest absolute Gasteiger partial charge is 0.377 e. The van der Waals surface area contributed by atoms with Crippen LogP contribution in [0.3, 0.4) is 0 Å². The van der Waals surface area contributed by atoms with Gasteiger partial charge in [0.05, 0.1) is 24.1 Å². The fourth-order valence-electron chi connectivity index (χ4n) is 2.43. The van der Waals surface area contributed by atoms with Crippen molar-refractivity contribution in [2.45, 2.75) is 25.9 Å². The van der Waals surface area contributed by atoms with Gasteiger partial charge in [-0.25, -0.2) is 4.39 Å². The number of hydrogen-bond donors (Lipinski definition) is 2. The Labute approximate surface area is 123 Å². The van der Waals surface area contributed by atoms with Crippen LogP contribution in [0.1, 0.15) is 25.3 Å². The molecule has 0 saturated carbocycles. The summed E-state index contributed by atoms with van der Waals surface area (Å²) in [6.45, 7) is 2.76. The van der Waals surface area contributed by atoms with Gasteiger partial charge in [-0.1, -0.05) is 18.8 Å². The first kappa shape index (κ1) is 15.5. The van der Waals surface area contributed by atoms with Crippen LogP contribution in [0, 0.1) is 23.6 Å². The van der Waals surface area contributed by atoms with Crippen molar-refractivity contribution in [3.8, 4) is 11.8 Å². The lowest BCUT2D eigenvalue weighted by Gasteiger charge is -2.16. The van der Waals surface area contributed by atoms with Gasteiger partial charge in [-0.15, -0.1) is 0 Å². The van der Waals surface area contributed by atoms with E-state index in [0.717, 1.165) is 6.42 Å². The number of amides is 1. The molecular formula is C16H19FN2O2. The number of hydrogen-bond acceptors (Lipinski definition) is 3. The molecule has 112 valence electrons. The Balaban J connectivity index is 2.06. The first-order chi connectivity index (χ1) is 10.2. The zero-order valence-corrected chi connectivity index (χ0v) is 12.0. The van der Waals surface area contributed by atoms with E-state index in [1.54, 1.807) is 6.07 Å². The first-order valence-electron chi connectivity index (χ1n) is 7.06. The molecule has 1 heterocycles. The number of carbonyl (C=O) groups is 1. The molecule has 0 bridgehead atoms. The maximum Gasteiger partial charge on any atom is 0.230 e. The monoisotopic (exact) mass is 290 g/mol. The molecular weight excluding hydrogens is 271 g/mol. The Morgan fingerprint density at radius 3 is 3.05 bits per heavy atom. The van der Waals surface area contributed by atoms with Gasteiger partial charge >= 0.3 is 0 Å². The highest BCUT2D eigenvalue weighted by Crippen LogP contribution is 2.25. The minimum atomic E-state index is -0.469. The minimum absolute atomic E-state index is 0.0514. The smallest absolute Gasteiger partial charge is 0.230 e. The van der Waals surface area contributed by atoms with Crippen LogP contribution in [-0.4, -0.2) is 25.2 Å². The van der Waals surface area contributed by atoms with Crippen molar-refractivity contribution in [2.24, 2.45) is 11.7 Å². The molecule has 2 rings (SSSR count). The number of benzene rings is 1. The van der Waals surface area contributed by atoms with Crippen LogP contribution in [0.5, 0.6) is 0 Å². The number of anilines is 1. The molecule has 4 nitrogen and oxygen atoms in total.